The normalized spacial score (nSPS) is 13.2. The van der Waals surface area contributed by atoms with E-state index in [1.165, 1.54) is 12.4 Å². The molecular weight excluding hydrogens is 466 g/mol. The number of hydrogen-bond donors (Lipinski definition) is 0. The Bertz CT molecular complexity index is 1080. The van der Waals surface area contributed by atoms with Gasteiger partial charge in [-0.3, -0.25) is 0 Å². The van der Waals surface area contributed by atoms with Crippen LogP contribution in [0.25, 0.3) is 11.3 Å². The third kappa shape index (κ3) is 6.37. The van der Waals surface area contributed by atoms with Gasteiger partial charge < -0.3 is 4.74 Å². The van der Waals surface area contributed by atoms with E-state index < -0.39 is 23.0 Å². The van der Waals surface area contributed by atoms with E-state index in [4.69, 9.17) is 4.74 Å². The van der Waals surface area contributed by atoms with Crippen molar-refractivity contribution in [1.82, 2.24) is 9.97 Å². The highest BCUT2D eigenvalue weighted by Gasteiger charge is 2.65. The summed E-state index contributed by atoms with van der Waals surface area (Å²) in [5.74, 6) is 3.56. The quantitative estimate of drug-likeness (QED) is 0.246. The molecule has 0 spiro atoms. The highest BCUT2D eigenvalue weighted by atomic mass is 32.5. The van der Waals surface area contributed by atoms with Crippen LogP contribution in [0.2, 0.25) is 0 Å². The van der Waals surface area contributed by atoms with Gasteiger partial charge in [0, 0.05) is 18.0 Å². The summed E-state index contributed by atoms with van der Waals surface area (Å²) in [6.45, 7) is 11.6. The molecule has 32 heavy (non-hydrogen) atoms. The Balaban J connectivity index is 0.00000176. The van der Waals surface area contributed by atoms with Crippen LogP contribution in [0.5, 0.6) is 11.6 Å². The lowest BCUT2D eigenvalue weighted by atomic mass is 10.1. The fraction of sp³-hybridized carbons (Fsp3) is 0.0909. The number of hydrogen-bond acceptors (Lipinski definition) is 3. The van der Waals surface area contributed by atoms with Crippen LogP contribution in [0, 0.1) is 0 Å². The smallest absolute Gasteiger partial charge is 0.310 e. The summed E-state index contributed by atoms with van der Waals surface area (Å²) < 4.78 is 69.8. The summed E-state index contributed by atoms with van der Waals surface area (Å²) in [6, 6.07) is 9.56. The zero-order chi connectivity index (χ0) is 24.1. The van der Waals surface area contributed by atoms with Gasteiger partial charge in [0.25, 0.3) is 0 Å². The van der Waals surface area contributed by atoms with Crippen LogP contribution in [-0.2, 0) is 0 Å². The topological polar surface area (TPSA) is 35.0 Å². The maximum atomic E-state index is 12.9. The van der Waals surface area contributed by atoms with E-state index in [-0.39, 0.29) is 23.8 Å². The molecule has 0 atom stereocenters. The number of rotatable bonds is 7. The zero-order valence-electron chi connectivity index (χ0n) is 17.4. The van der Waals surface area contributed by atoms with E-state index in [9.17, 15) is 19.4 Å². The number of aromatic nitrogens is 2. The molecule has 0 N–H and O–H groups in total. The van der Waals surface area contributed by atoms with Crippen molar-refractivity contribution in [3.8, 4) is 22.9 Å². The molecule has 0 aliphatic rings. The third-order valence-electron chi connectivity index (χ3n) is 3.98. The lowest BCUT2D eigenvalue weighted by Gasteiger charge is -2.40. The van der Waals surface area contributed by atoms with E-state index >= 15 is 0 Å². The van der Waals surface area contributed by atoms with Crippen molar-refractivity contribution in [2.24, 2.45) is 0 Å². The van der Waals surface area contributed by atoms with Gasteiger partial charge >= 0.3 is 10.2 Å². The Morgan fingerprint density at radius 3 is 1.84 bits per heavy atom. The van der Waals surface area contributed by atoms with Gasteiger partial charge in [-0.1, -0.05) is 82.3 Å². The van der Waals surface area contributed by atoms with Gasteiger partial charge in [-0.2, -0.15) is 0 Å². The average molecular weight is 488 g/mol. The Morgan fingerprint density at radius 2 is 1.34 bits per heavy atom. The molecule has 0 aliphatic heterocycles. The van der Waals surface area contributed by atoms with Gasteiger partial charge in [-0.25, -0.2) is 9.97 Å². The monoisotopic (exact) mass is 488 g/mol. The maximum absolute atomic E-state index is 12.9. The number of benzene rings is 2. The van der Waals surface area contributed by atoms with Gasteiger partial charge in [0.1, 0.15) is 16.3 Å². The highest BCUT2D eigenvalue weighted by molar-refractivity contribution is 8.45. The number of ether oxygens (including phenoxy) is 1. The van der Waals surface area contributed by atoms with Crippen LogP contribution < -0.4 is 10.0 Å². The van der Waals surface area contributed by atoms with Crippen LogP contribution in [0.3, 0.4) is 0 Å². The second kappa shape index (κ2) is 9.00. The first-order chi connectivity index (χ1) is 14.9. The molecule has 0 bridgehead atoms. The van der Waals surface area contributed by atoms with E-state index in [1.54, 1.807) is 12.1 Å². The molecule has 0 aliphatic carbocycles. The molecule has 0 saturated heterocycles. The molecule has 10 heteroatoms. The summed E-state index contributed by atoms with van der Waals surface area (Å²) >= 11 is 0. The van der Waals surface area contributed by atoms with Crippen molar-refractivity contribution in [2.45, 2.75) is 18.7 Å². The molecule has 1 heterocycles. The number of nitrogens with zero attached hydrogens (tertiary/aromatic N) is 2. The van der Waals surface area contributed by atoms with E-state index in [1.807, 2.05) is 37.6 Å². The predicted molar refractivity (Wildman–Crippen MR) is 124 cm³/mol. The zero-order valence-corrected chi connectivity index (χ0v) is 19.1. The summed E-state index contributed by atoms with van der Waals surface area (Å²) in [5.41, 5.74) is 1.01. The van der Waals surface area contributed by atoms with Crippen LogP contribution >= 0.6 is 18.1 Å². The molecule has 1 aromatic heterocycles. The second-order valence-electron chi connectivity index (χ2n) is 6.07. The molecule has 3 aromatic rings. The van der Waals surface area contributed by atoms with Crippen molar-refractivity contribution < 1.29 is 24.2 Å². The van der Waals surface area contributed by atoms with Crippen molar-refractivity contribution in [1.29, 1.82) is 0 Å². The first-order valence-corrected chi connectivity index (χ1v) is 12.8. The lowest BCUT2D eigenvalue weighted by molar-refractivity contribution is 0.363. The molecular formula is C22H22F5N2OPS. The van der Waals surface area contributed by atoms with E-state index in [2.05, 4.69) is 23.1 Å². The fourth-order valence-corrected chi connectivity index (χ4v) is 4.27. The van der Waals surface area contributed by atoms with Crippen molar-refractivity contribution in [3.05, 3.63) is 85.7 Å². The predicted octanol–water partition coefficient (Wildman–Crippen LogP) is 9.01. The van der Waals surface area contributed by atoms with E-state index in [0.717, 1.165) is 17.4 Å². The largest absolute Gasteiger partial charge is 0.437 e. The highest BCUT2D eigenvalue weighted by Crippen LogP contribution is 3.02. The van der Waals surface area contributed by atoms with Gasteiger partial charge in [0.2, 0.25) is 5.88 Å². The molecule has 3 nitrogen and oxygen atoms in total. The Labute approximate surface area is 185 Å². The summed E-state index contributed by atoms with van der Waals surface area (Å²) in [7, 11) is -10.4. The summed E-state index contributed by atoms with van der Waals surface area (Å²) in [5, 5.41) is 1.02. The average Bonchev–Trinajstić information content (AvgIpc) is 2.76. The number of halogens is 5. The Kier molecular flexibility index (Phi) is 7.17. The molecule has 0 amide bonds. The minimum Gasteiger partial charge on any atom is -0.437 e. The summed E-state index contributed by atoms with van der Waals surface area (Å²) in [4.78, 5) is 6.30. The molecule has 2 aromatic carbocycles. The second-order valence-corrected chi connectivity index (χ2v) is 10.5. The Hall–Kier alpha value is -2.77. The molecule has 3 rings (SSSR count). The van der Waals surface area contributed by atoms with Gasteiger partial charge in [0.15, 0.2) is 0 Å². The summed E-state index contributed by atoms with van der Waals surface area (Å²) in [6.07, 6.45) is 2.79. The van der Waals surface area contributed by atoms with Gasteiger partial charge in [-0.05, 0) is 37.5 Å². The lowest BCUT2D eigenvalue weighted by Crippen LogP contribution is -2.05. The van der Waals surface area contributed by atoms with E-state index in [0.29, 0.717) is 11.3 Å². The van der Waals surface area contributed by atoms with Crippen LogP contribution in [0.4, 0.5) is 19.4 Å². The van der Waals surface area contributed by atoms with Crippen LogP contribution in [0.15, 0.2) is 90.6 Å². The molecule has 0 radical (unpaired) electrons. The minimum absolute atomic E-state index is 0.0278. The SMILES string of the molecule is C=CP(C=C)c1ccc(-c2nccnc2Oc2ccc(S(F)(F)(F)(F)F)cc2)cc1.CC. The standard InChI is InChI=1S/C20H16F5N2OPS.C2H6/c1-3-29(4-2)17-9-5-15(6-10-17)19-20(27-14-13-26-19)28-16-7-11-18(12-8-16)30(21,22,23,24)25;1-2/h3-14H,1-2H2;1-2H3. The van der Waals surface area contributed by atoms with Crippen LogP contribution in [0.1, 0.15) is 13.8 Å². The van der Waals surface area contributed by atoms with Crippen molar-refractivity contribution in [3.63, 3.8) is 0 Å². The Morgan fingerprint density at radius 1 is 0.812 bits per heavy atom. The molecule has 172 valence electrons. The molecule has 0 unspecified atom stereocenters. The van der Waals surface area contributed by atoms with Gasteiger partial charge in [-0.15, -0.1) is 0 Å². The fourth-order valence-electron chi connectivity index (χ4n) is 2.55. The van der Waals surface area contributed by atoms with Crippen LogP contribution in [-0.4, -0.2) is 9.97 Å². The van der Waals surface area contributed by atoms with Crippen molar-refractivity contribution >= 4 is 23.5 Å². The first-order valence-electron chi connectivity index (χ1n) is 9.38. The van der Waals surface area contributed by atoms with Gasteiger partial charge in [0.05, 0.1) is 0 Å². The molecule has 0 saturated carbocycles. The maximum Gasteiger partial charge on any atom is 0.310 e. The minimum atomic E-state index is -9.74. The first kappa shape index (κ1) is 25.5. The third-order valence-corrected chi connectivity index (χ3v) is 6.82. The van der Waals surface area contributed by atoms with Crippen molar-refractivity contribution in [2.75, 3.05) is 0 Å². The molecule has 0 fully saturated rings.